The fraction of sp³-hybridized carbons (Fsp3) is 0.500. The quantitative estimate of drug-likeness (QED) is 0.679. The molecule has 1 aromatic carbocycles. The van der Waals surface area contributed by atoms with Crippen LogP contribution in [0.3, 0.4) is 0 Å². The topological polar surface area (TPSA) is 72.5 Å². The number of ketones is 1. The van der Waals surface area contributed by atoms with Gasteiger partial charge in [-0.25, -0.2) is 0 Å². The Bertz CT molecular complexity index is 642. The summed E-state index contributed by atoms with van der Waals surface area (Å²) in [6.07, 6.45) is 3.20. The van der Waals surface area contributed by atoms with E-state index in [4.69, 9.17) is 4.74 Å². The second-order valence-corrected chi connectivity index (χ2v) is 6.32. The second kappa shape index (κ2) is 6.52. The van der Waals surface area contributed by atoms with Crippen molar-refractivity contribution in [2.75, 3.05) is 6.54 Å². The second-order valence-electron chi connectivity index (χ2n) is 6.32. The lowest BCUT2D eigenvalue weighted by Gasteiger charge is -2.22. The van der Waals surface area contributed by atoms with E-state index in [2.05, 4.69) is 5.32 Å². The third-order valence-corrected chi connectivity index (χ3v) is 4.64. The first kappa shape index (κ1) is 15.7. The van der Waals surface area contributed by atoms with Gasteiger partial charge in [-0.1, -0.05) is 12.1 Å². The maximum Gasteiger partial charge on any atom is 0.311 e. The fourth-order valence-corrected chi connectivity index (χ4v) is 3.22. The Morgan fingerprint density at radius 1 is 1.22 bits per heavy atom. The van der Waals surface area contributed by atoms with Crippen molar-refractivity contribution in [2.45, 2.75) is 45.1 Å². The Labute approximate surface area is 135 Å². The normalized spacial score (nSPS) is 21.3. The number of carbonyl (C=O) groups is 3. The Hall–Kier alpha value is -2.17. The van der Waals surface area contributed by atoms with E-state index < -0.39 is 12.1 Å². The van der Waals surface area contributed by atoms with E-state index >= 15 is 0 Å². The van der Waals surface area contributed by atoms with Gasteiger partial charge in [-0.3, -0.25) is 14.4 Å². The van der Waals surface area contributed by atoms with Gasteiger partial charge >= 0.3 is 5.97 Å². The highest BCUT2D eigenvalue weighted by Crippen LogP contribution is 2.24. The minimum Gasteiger partial charge on any atom is -0.454 e. The molecule has 1 saturated heterocycles. The molecule has 0 aromatic heterocycles. The summed E-state index contributed by atoms with van der Waals surface area (Å²) in [6, 6.07) is 5.74. The zero-order valence-corrected chi connectivity index (χ0v) is 13.3. The van der Waals surface area contributed by atoms with E-state index in [0.717, 1.165) is 19.3 Å². The minimum absolute atomic E-state index is 0.0451. The molecule has 5 nitrogen and oxygen atoms in total. The number of Topliss-reactive ketones (excluding diaryl/α,β-unsaturated/α-hetero) is 1. The van der Waals surface area contributed by atoms with Crippen molar-refractivity contribution in [3.05, 3.63) is 34.9 Å². The SMILES string of the molecule is C[C@H](OC(=O)[C@H]1CCC(=O)NC1)C(=O)c1ccc2c(c1)CCC2. The average molecular weight is 315 g/mol. The highest BCUT2D eigenvalue weighted by molar-refractivity contribution is 6.00. The maximum absolute atomic E-state index is 12.5. The number of ether oxygens (including phenoxy) is 1. The Kier molecular flexibility index (Phi) is 4.46. The number of amides is 1. The molecule has 2 aliphatic rings. The van der Waals surface area contributed by atoms with E-state index in [0.29, 0.717) is 18.4 Å². The van der Waals surface area contributed by atoms with Crippen LogP contribution in [-0.2, 0) is 27.2 Å². The standard InChI is InChI=1S/C18H21NO4/c1-11(23-18(22)15-7-8-16(20)19-10-15)17(21)14-6-5-12-3-2-4-13(12)9-14/h5-6,9,11,15H,2-4,7-8,10H2,1H3,(H,19,20)/t11-,15-/m0/s1. The largest absolute Gasteiger partial charge is 0.454 e. The van der Waals surface area contributed by atoms with Crippen LogP contribution in [0.15, 0.2) is 18.2 Å². The molecular formula is C18H21NO4. The van der Waals surface area contributed by atoms with Gasteiger partial charge in [0, 0.05) is 18.5 Å². The smallest absolute Gasteiger partial charge is 0.311 e. The predicted octanol–water partition coefficient (Wildman–Crippen LogP) is 1.82. The summed E-state index contributed by atoms with van der Waals surface area (Å²) >= 11 is 0. The van der Waals surface area contributed by atoms with E-state index in [-0.39, 0.29) is 24.2 Å². The number of aryl methyl sites for hydroxylation is 2. The summed E-state index contributed by atoms with van der Waals surface area (Å²) in [7, 11) is 0. The number of hydrogen-bond acceptors (Lipinski definition) is 4. The van der Waals surface area contributed by atoms with Gasteiger partial charge in [-0.15, -0.1) is 0 Å². The average Bonchev–Trinajstić information content (AvgIpc) is 3.02. The van der Waals surface area contributed by atoms with Crippen LogP contribution in [0, 0.1) is 5.92 Å². The Balaban J connectivity index is 1.61. The molecule has 23 heavy (non-hydrogen) atoms. The Morgan fingerprint density at radius 3 is 2.74 bits per heavy atom. The van der Waals surface area contributed by atoms with Crippen molar-refractivity contribution in [1.82, 2.24) is 5.32 Å². The molecule has 0 radical (unpaired) electrons. The number of nitrogens with one attached hydrogen (secondary N) is 1. The number of esters is 1. The molecule has 0 saturated carbocycles. The highest BCUT2D eigenvalue weighted by atomic mass is 16.5. The van der Waals surface area contributed by atoms with Crippen molar-refractivity contribution in [3.8, 4) is 0 Å². The Morgan fingerprint density at radius 2 is 2.00 bits per heavy atom. The van der Waals surface area contributed by atoms with Gasteiger partial charge in [-0.2, -0.15) is 0 Å². The molecule has 0 bridgehead atoms. The first-order valence-corrected chi connectivity index (χ1v) is 8.18. The fourth-order valence-electron chi connectivity index (χ4n) is 3.22. The maximum atomic E-state index is 12.5. The van der Waals surface area contributed by atoms with E-state index in [9.17, 15) is 14.4 Å². The molecule has 1 heterocycles. The van der Waals surface area contributed by atoms with E-state index in [1.54, 1.807) is 6.92 Å². The molecule has 0 unspecified atom stereocenters. The van der Waals surface area contributed by atoms with Crippen molar-refractivity contribution in [3.63, 3.8) is 0 Å². The van der Waals surface area contributed by atoms with Gasteiger partial charge in [-0.05, 0) is 49.8 Å². The van der Waals surface area contributed by atoms with Crippen LogP contribution < -0.4 is 5.32 Å². The third kappa shape index (κ3) is 3.44. The van der Waals surface area contributed by atoms with Crippen molar-refractivity contribution in [2.24, 2.45) is 5.92 Å². The lowest BCUT2D eigenvalue weighted by atomic mass is 9.99. The summed E-state index contributed by atoms with van der Waals surface area (Å²) in [5.41, 5.74) is 3.14. The molecule has 1 N–H and O–H groups in total. The van der Waals surface area contributed by atoms with Crippen LogP contribution in [0.25, 0.3) is 0 Å². The molecule has 1 aliphatic carbocycles. The molecule has 1 fully saturated rings. The van der Waals surface area contributed by atoms with E-state index in [1.165, 1.54) is 11.1 Å². The summed E-state index contributed by atoms with van der Waals surface area (Å²) in [4.78, 5) is 35.7. The summed E-state index contributed by atoms with van der Waals surface area (Å²) in [5.74, 6) is -0.987. The minimum atomic E-state index is -0.806. The lowest BCUT2D eigenvalue weighted by Crippen LogP contribution is -2.40. The zero-order chi connectivity index (χ0) is 16.4. The van der Waals surface area contributed by atoms with Gasteiger partial charge in [0.1, 0.15) is 0 Å². The molecule has 0 spiro atoms. The summed E-state index contributed by atoms with van der Waals surface area (Å²) in [6.45, 7) is 1.90. The molecule has 1 amide bonds. The summed E-state index contributed by atoms with van der Waals surface area (Å²) < 4.78 is 5.32. The van der Waals surface area contributed by atoms with Crippen LogP contribution in [0.1, 0.15) is 47.7 Å². The van der Waals surface area contributed by atoms with E-state index in [1.807, 2.05) is 18.2 Å². The number of carbonyl (C=O) groups excluding carboxylic acids is 3. The number of hydrogen-bond donors (Lipinski definition) is 1. The van der Waals surface area contributed by atoms with Gasteiger partial charge in [0.25, 0.3) is 0 Å². The van der Waals surface area contributed by atoms with Crippen molar-refractivity contribution >= 4 is 17.7 Å². The molecule has 122 valence electrons. The summed E-state index contributed by atoms with van der Waals surface area (Å²) in [5, 5.41) is 2.65. The van der Waals surface area contributed by atoms with Crippen LogP contribution in [0.2, 0.25) is 0 Å². The van der Waals surface area contributed by atoms with Crippen LogP contribution in [0.5, 0.6) is 0 Å². The number of rotatable bonds is 4. The van der Waals surface area contributed by atoms with Crippen molar-refractivity contribution < 1.29 is 19.1 Å². The van der Waals surface area contributed by atoms with Gasteiger partial charge < -0.3 is 10.1 Å². The molecule has 5 heteroatoms. The monoisotopic (exact) mass is 315 g/mol. The number of benzene rings is 1. The van der Waals surface area contributed by atoms with Gasteiger partial charge in [0.05, 0.1) is 5.92 Å². The first-order valence-electron chi connectivity index (χ1n) is 8.18. The molecule has 1 aromatic rings. The molecule has 1 aliphatic heterocycles. The molecule has 2 atom stereocenters. The third-order valence-electron chi connectivity index (χ3n) is 4.64. The van der Waals surface area contributed by atoms with Crippen LogP contribution in [0.4, 0.5) is 0 Å². The van der Waals surface area contributed by atoms with Gasteiger partial charge in [0.15, 0.2) is 6.10 Å². The van der Waals surface area contributed by atoms with Crippen LogP contribution >= 0.6 is 0 Å². The lowest BCUT2D eigenvalue weighted by molar-refractivity contribution is -0.152. The van der Waals surface area contributed by atoms with Crippen molar-refractivity contribution in [1.29, 1.82) is 0 Å². The molecule has 3 rings (SSSR count). The van der Waals surface area contributed by atoms with Gasteiger partial charge in [0.2, 0.25) is 11.7 Å². The molecular weight excluding hydrogens is 294 g/mol. The highest BCUT2D eigenvalue weighted by Gasteiger charge is 2.29. The number of fused-ring (bicyclic) bond motifs is 1. The number of piperidine rings is 1. The first-order chi connectivity index (χ1) is 11.0. The van der Waals surface area contributed by atoms with Crippen LogP contribution in [-0.4, -0.2) is 30.3 Å². The zero-order valence-electron chi connectivity index (χ0n) is 13.3. The predicted molar refractivity (Wildman–Crippen MR) is 84.1 cm³/mol.